The normalized spacial score (nSPS) is 11.3. The lowest BCUT2D eigenvalue weighted by Gasteiger charge is -2.08. The number of Topliss-reactive ketones (excluding diaryl/α,β-unsaturated/α-hetero) is 8. The molecule has 0 unspecified atom stereocenters. The maximum atomic E-state index is 13.7. The molecule has 0 bridgehead atoms. The second-order valence-electron chi connectivity index (χ2n) is 30.9. The smallest absolute Gasteiger partial charge is 0.291 e. The summed E-state index contributed by atoms with van der Waals surface area (Å²) in [5, 5.41) is 19.0. The van der Waals surface area contributed by atoms with Gasteiger partial charge in [0.15, 0.2) is 34.8 Å². The molecule has 638 valence electrons. The van der Waals surface area contributed by atoms with Gasteiger partial charge in [-0.05, 0) is 112 Å². The van der Waals surface area contributed by atoms with E-state index < -0.39 is 35.4 Å². The Hall–Kier alpha value is -13.8. The number of anilines is 5. The zero-order valence-corrected chi connectivity index (χ0v) is 70.3. The third-order valence-corrected chi connectivity index (χ3v) is 20.2. The highest BCUT2D eigenvalue weighted by Crippen LogP contribution is 2.24. The molecule has 7 N–H and O–H groups in total. The monoisotopic (exact) mass is 1660 g/mol. The standard InChI is InChI=1S/C85H103N21O15/c1-51(107)88-56-36-69(102(9)44-56)83(119)91-58-38-68(101(8)46-58)82(118)87-27-25-77(116)94-76-50-106(13)80(95-76)85(121)93-59-39-70(103(10)47-59)84(120)92-57-37-67(100(7)45-57)81(117)86-26-18-22-62(109)29-52-30-66(99(6)41-52)73(113)40-60-49-105(12)79(90-60)75(115)34-54-32-65(98(5)43-54)72(112)24-17-21-63(110)35-55-48-104(11)78(89-55)74(114)33-53-31-64(97(4)42-53)71(111)23-16-20-61(108)19-14-15-28-96(2)3/h30-32,36-39,41-50H,14-29,33-35,40H2,1-13H3,(H,86,117)(H,87,118)(H,88,107)(H,91,119)(H,92,120)(H,93,121)(H,94,116). The highest BCUT2D eigenvalue weighted by atomic mass is 16.2. The number of nitrogens with one attached hydrogen (secondary N) is 7. The van der Waals surface area contributed by atoms with E-state index in [1.807, 2.05) is 14.1 Å². The number of carbonyl (C=O) groups is 15. The molecular weight excluding hydrogens is 1560 g/mol. The number of aromatic nitrogens is 13. The van der Waals surface area contributed by atoms with E-state index in [1.54, 1.807) is 166 Å². The average molecular weight is 1660 g/mol. The van der Waals surface area contributed by atoms with Gasteiger partial charge in [0, 0.05) is 217 Å². The van der Waals surface area contributed by atoms with Crippen LogP contribution in [0.5, 0.6) is 0 Å². The zero-order valence-electron chi connectivity index (χ0n) is 70.3. The van der Waals surface area contributed by atoms with Crippen LogP contribution >= 0.6 is 0 Å². The molecule has 10 heterocycles. The molecule has 0 spiro atoms. The van der Waals surface area contributed by atoms with E-state index in [9.17, 15) is 71.9 Å². The van der Waals surface area contributed by atoms with E-state index in [-0.39, 0.29) is 188 Å². The second kappa shape index (κ2) is 40.1. The molecule has 121 heavy (non-hydrogen) atoms. The minimum Gasteiger partial charge on any atom is -0.351 e. The maximum absolute atomic E-state index is 13.7. The molecule has 0 aromatic carbocycles. The van der Waals surface area contributed by atoms with Crippen molar-refractivity contribution >= 4 is 116 Å². The topological polar surface area (TPSA) is 431 Å². The summed E-state index contributed by atoms with van der Waals surface area (Å²) in [5.41, 5.74) is 5.94. The Morgan fingerprint density at radius 2 is 0.694 bits per heavy atom. The van der Waals surface area contributed by atoms with Crippen LogP contribution < -0.4 is 37.2 Å². The molecule has 0 fully saturated rings. The van der Waals surface area contributed by atoms with E-state index >= 15 is 0 Å². The Labute approximate surface area is 697 Å². The Morgan fingerprint density at radius 1 is 0.306 bits per heavy atom. The van der Waals surface area contributed by atoms with Crippen molar-refractivity contribution in [3.05, 3.63) is 190 Å². The number of aryl methyl sites for hydroxylation is 10. The average Bonchev–Trinajstić information content (AvgIpc) is 1.76. The van der Waals surface area contributed by atoms with Crippen LogP contribution in [0.1, 0.15) is 217 Å². The molecule has 0 radical (unpaired) electrons. The van der Waals surface area contributed by atoms with Crippen LogP contribution in [-0.2, 0) is 127 Å². The van der Waals surface area contributed by atoms with Crippen molar-refractivity contribution in [2.45, 2.75) is 116 Å². The lowest BCUT2D eigenvalue weighted by Crippen LogP contribution is -2.29. The van der Waals surface area contributed by atoms with Crippen molar-refractivity contribution in [2.24, 2.45) is 70.5 Å². The summed E-state index contributed by atoms with van der Waals surface area (Å²) >= 11 is 0. The van der Waals surface area contributed by atoms with Crippen LogP contribution in [0, 0.1) is 0 Å². The molecular formula is C85H103N21O15. The molecule has 0 aliphatic carbocycles. The summed E-state index contributed by atoms with van der Waals surface area (Å²) in [6.07, 6.45) is 19.8. The third-order valence-electron chi connectivity index (χ3n) is 20.2. The van der Waals surface area contributed by atoms with E-state index in [2.05, 4.69) is 57.1 Å². The van der Waals surface area contributed by atoms with Crippen molar-refractivity contribution in [2.75, 3.05) is 60.3 Å². The van der Waals surface area contributed by atoms with E-state index in [0.717, 1.165) is 19.4 Å². The minimum atomic E-state index is -0.653. The first kappa shape index (κ1) is 89.5. The van der Waals surface area contributed by atoms with Crippen molar-refractivity contribution in [3.8, 4) is 0 Å². The van der Waals surface area contributed by atoms with E-state index in [4.69, 9.17) is 0 Å². The number of hydrogen-bond acceptors (Lipinski definition) is 19. The number of unbranched alkanes of at least 4 members (excludes halogenated alkanes) is 1. The van der Waals surface area contributed by atoms with Gasteiger partial charge in [-0.25, -0.2) is 15.0 Å². The SMILES string of the molecule is CC(=O)Nc1cc(C(=O)Nc2cc(C(=O)NCCC(=O)Nc3cn(C)c(C(=O)Nc4cc(C(=O)Nc5cc(C(=O)NCCCC(=O)Cc6cc(C(=O)Cc7cn(C)c(C(=O)Cc8cc(C(=O)CCCC(=O)Cc9cn(C)c(C(=O)Cc%10cc(C(=O)CCCC(=O)CCCCN(C)C)n(C)c%10)n9)n(C)c8)n7)n(C)c6)n(C)c5)n(C)c4)n3)n(C)c2)n(C)c1. The molecule has 0 aliphatic heterocycles. The first-order chi connectivity index (χ1) is 57.4. The number of nitrogens with zero attached hydrogens (tertiary/aromatic N) is 14. The van der Waals surface area contributed by atoms with Gasteiger partial charge in [0.25, 0.3) is 29.5 Å². The van der Waals surface area contributed by atoms with Crippen LogP contribution in [0.3, 0.4) is 0 Å². The summed E-state index contributed by atoms with van der Waals surface area (Å²) in [6.45, 7) is 2.37. The fourth-order valence-electron chi connectivity index (χ4n) is 14.3. The van der Waals surface area contributed by atoms with Crippen LogP contribution in [0.25, 0.3) is 0 Å². The number of rotatable bonds is 45. The Balaban J connectivity index is 0.598. The second-order valence-corrected chi connectivity index (χ2v) is 30.9. The van der Waals surface area contributed by atoms with Gasteiger partial charge in [-0.15, -0.1) is 0 Å². The van der Waals surface area contributed by atoms with Crippen LogP contribution in [0.2, 0.25) is 0 Å². The molecule has 10 aromatic heterocycles. The largest absolute Gasteiger partial charge is 0.351 e. The van der Waals surface area contributed by atoms with Gasteiger partial charge in [-0.2, -0.15) is 0 Å². The van der Waals surface area contributed by atoms with Crippen molar-refractivity contribution in [3.63, 3.8) is 0 Å². The van der Waals surface area contributed by atoms with E-state index in [0.29, 0.717) is 87.9 Å². The maximum Gasteiger partial charge on any atom is 0.291 e. The molecule has 36 heteroatoms. The molecule has 10 rings (SSSR count). The Kier molecular flexibility index (Phi) is 29.7. The van der Waals surface area contributed by atoms with Gasteiger partial charge in [-0.3, -0.25) is 71.9 Å². The summed E-state index contributed by atoms with van der Waals surface area (Å²) in [7, 11) is 20.5. The summed E-state index contributed by atoms with van der Waals surface area (Å²) in [4.78, 5) is 212. The summed E-state index contributed by atoms with van der Waals surface area (Å²) in [6, 6.07) is 10.9. The highest BCUT2D eigenvalue weighted by Gasteiger charge is 2.27. The van der Waals surface area contributed by atoms with E-state index in [1.165, 1.54) is 61.9 Å². The molecule has 0 saturated heterocycles. The van der Waals surface area contributed by atoms with Gasteiger partial charge in [0.1, 0.15) is 40.1 Å². The lowest BCUT2D eigenvalue weighted by atomic mass is 10.0. The lowest BCUT2D eigenvalue weighted by molar-refractivity contribution is -0.119. The van der Waals surface area contributed by atoms with Crippen molar-refractivity contribution in [1.29, 1.82) is 0 Å². The van der Waals surface area contributed by atoms with Crippen molar-refractivity contribution < 1.29 is 71.9 Å². The van der Waals surface area contributed by atoms with Gasteiger partial charge in [-0.1, -0.05) is 0 Å². The predicted octanol–water partition coefficient (Wildman–Crippen LogP) is 7.15. The highest BCUT2D eigenvalue weighted by molar-refractivity contribution is 6.08. The number of amides is 7. The van der Waals surface area contributed by atoms with Crippen LogP contribution in [0.4, 0.5) is 28.6 Å². The van der Waals surface area contributed by atoms with Gasteiger partial charge in [0.2, 0.25) is 29.2 Å². The number of carbonyl (C=O) groups excluding carboxylic acids is 15. The minimum absolute atomic E-state index is 0.00852. The molecule has 36 nitrogen and oxygen atoms in total. The number of imidazole rings is 3. The Bertz CT molecular complexity index is 5660. The third kappa shape index (κ3) is 24.2. The molecule has 7 amide bonds. The summed E-state index contributed by atoms with van der Waals surface area (Å²) in [5.74, 6) is -4.52. The molecule has 0 atom stereocenters. The zero-order chi connectivity index (χ0) is 87.8. The van der Waals surface area contributed by atoms with Gasteiger partial charge in [0.05, 0.1) is 64.1 Å². The summed E-state index contributed by atoms with van der Waals surface area (Å²) < 4.78 is 15.6. The fraction of sp³-hybridized carbons (Fsp3) is 0.388. The molecule has 0 saturated carbocycles. The number of hydrogen-bond donors (Lipinski definition) is 7. The van der Waals surface area contributed by atoms with Crippen LogP contribution in [-0.4, -0.2) is 187 Å². The van der Waals surface area contributed by atoms with Gasteiger partial charge >= 0.3 is 0 Å². The quantitative estimate of drug-likeness (QED) is 0.0147. The fourth-order valence-corrected chi connectivity index (χ4v) is 14.3. The first-order valence-corrected chi connectivity index (χ1v) is 39.6. The van der Waals surface area contributed by atoms with Crippen molar-refractivity contribution in [1.82, 2.24) is 76.2 Å². The first-order valence-electron chi connectivity index (χ1n) is 39.6. The molecule has 0 aliphatic rings. The number of ketones is 8. The molecule has 10 aromatic rings. The van der Waals surface area contributed by atoms with Gasteiger partial charge < -0.3 is 87.8 Å². The Morgan fingerprint density at radius 3 is 1.17 bits per heavy atom. The predicted molar refractivity (Wildman–Crippen MR) is 448 cm³/mol. The van der Waals surface area contributed by atoms with Crippen LogP contribution in [0.15, 0.2) is 104 Å².